The van der Waals surface area contributed by atoms with Crippen LogP contribution in [0.2, 0.25) is 0 Å². The fourth-order valence-corrected chi connectivity index (χ4v) is 0. The van der Waals surface area contributed by atoms with E-state index in [0.29, 0.717) is 0 Å². The van der Waals surface area contributed by atoms with Crippen molar-refractivity contribution in [1.29, 1.82) is 0 Å². The second-order valence-electron chi connectivity index (χ2n) is 0. The van der Waals surface area contributed by atoms with E-state index in [-0.39, 0.29) is 85.6 Å². The van der Waals surface area contributed by atoms with Gasteiger partial charge in [-0.2, -0.15) is 0 Å². The van der Waals surface area contributed by atoms with Crippen LogP contribution in [-0.2, 0) is 17.1 Å². The molecule has 25 valence electrons. The molecule has 0 unspecified atom stereocenters. The molecule has 0 bridgehead atoms. The molecule has 0 saturated heterocycles. The van der Waals surface area contributed by atoms with Gasteiger partial charge >= 0.3 is 51.2 Å². The molecule has 0 atom stereocenters. The van der Waals surface area contributed by atoms with Gasteiger partial charge in [0.15, 0.2) is 17.4 Å². The van der Waals surface area contributed by atoms with Crippen LogP contribution in [0.4, 0.5) is 0 Å². The fraction of sp³-hybridized carbons (Fsp3) is 0. The Morgan fingerprint density at radius 3 is 1.00 bits per heavy atom. The molecule has 0 aromatic heterocycles. The van der Waals surface area contributed by atoms with Crippen molar-refractivity contribution in [1.82, 2.24) is 0 Å². The van der Waals surface area contributed by atoms with Gasteiger partial charge in [0.2, 0.25) is 0 Å². The molecule has 0 nitrogen and oxygen atoms in total. The summed E-state index contributed by atoms with van der Waals surface area (Å²) in [5.74, 6) is 0. The predicted molar refractivity (Wildman–Crippen MR) is 27.0 cm³/mol. The number of hydrogen-bond donors (Lipinski definition) is 0. The van der Waals surface area contributed by atoms with Crippen LogP contribution < -0.4 is 0 Å². The normalized spacial score (nSPS) is 0. The minimum absolute atomic E-state index is 0. The van der Waals surface area contributed by atoms with E-state index in [1.165, 1.54) is 0 Å². The zero-order chi connectivity index (χ0) is 0. The average molecular weight is 415 g/mol. The first-order chi connectivity index (χ1) is 0. The third kappa shape index (κ3) is 8.84. The second kappa shape index (κ2) is 17.1. The summed E-state index contributed by atoms with van der Waals surface area (Å²) in [7, 11) is 0. The van der Waals surface area contributed by atoms with Crippen LogP contribution in [0.15, 0.2) is 0 Å². The molecule has 0 fully saturated rings. The van der Waals surface area contributed by atoms with Crippen molar-refractivity contribution in [2.45, 2.75) is 0 Å². The molecule has 0 aliphatic heterocycles. The van der Waals surface area contributed by atoms with Gasteiger partial charge in [0.25, 0.3) is 0 Å². The Kier molecular flexibility index (Phi) is 126. The van der Waals surface area contributed by atoms with Crippen LogP contribution in [0, 0.1) is 0 Å². The van der Waals surface area contributed by atoms with E-state index in [2.05, 4.69) is 0 Å². The van der Waals surface area contributed by atoms with E-state index in [4.69, 9.17) is 0 Å². The van der Waals surface area contributed by atoms with Crippen molar-refractivity contribution < 1.29 is 17.1 Å². The van der Waals surface area contributed by atoms with Gasteiger partial charge in [0.1, 0.15) is 0 Å². The zero-order valence-electron chi connectivity index (χ0n) is 1.79. The molecule has 0 N–H and O–H groups in total. The first-order valence-electron chi connectivity index (χ1n) is 0. The van der Waals surface area contributed by atoms with Gasteiger partial charge in [-0.05, 0) is 0 Å². The van der Waals surface area contributed by atoms with Crippen molar-refractivity contribution >= 4 is 68.6 Å². The maximum atomic E-state index is 0. The van der Waals surface area contributed by atoms with E-state index < -0.39 is 0 Å². The van der Waals surface area contributed by atoms with Crippen LogP contribution in [-0.4, -0.2) is 68.6 Å². The monoisotopic (exact) mass is 417 g/mol. The summed E-state index contributed by atoms with van der Waals surface area (Å²) < 4.78 is 0. The van der Waals surface area contributed by atoms with Crippen molar-refractivity contribution in [3.63, 3.8) is 0 Å². The summed E-state index contributed by atoms with van der Waals surface area (Å²) in [5, 5.41) is 0. The van der Waals surface area contributed by atoms with E-state index in [1.54, 1.807) is 0 Å². The Balaban J connectivity index is 0. The van der Waals surface area contributed by atoms with E-state index in [9.17, 15) is 0 Å². The molecule has 0 spiro atoms. The van der Waals surface area contributed by atoms with Crippen molar-refractivity contribution in [2.24, 2.45) is 0 Å². The zero-order valence-corrected chi connectivity index (χ0v) is 12.5. The maximum absolute atomic E-state index is 0. The molecule has 5 radical (unpaired) electrons. The first-order valence-corrected chi connectivity index (χ1v) is 0. The third-order valence-corrected chi connectivity index (χ3v) is 0. The van der Waals surface area contributed by atoms with Gasteiger partial charge in [-0.3, -0.25) is 0 Å². The number of hydrogen-bond acceptors (Lipinski definition) is 0. The van der Waals surface area contributed by atoms with Crippen molar-refractivity contribution in [3.05, 3.63) is 0 Å². The molecule has 0 amide bonds. The van der Waals surface area contributed by atoms with Gasteiger partial charge < -0.3 is 0 Å². The van der Waals surface area contributed by atoms with Crippen molar-refractivity contribution in [2.75, 3.05) is 0 Å². The quantitative estimate of drug-likeness (QED) is 0.370. The van der Waals surface area contributed by atoms with E-state index >= 15 is 0 Å². The Hall–Kier alpha value is 2.77. The van der Waals surface area contributed by atoms with Crippen molar-refractivity contribution in [3.8, 4) is 0 Å². The third-order valence-electron chi connectivity index (χ3n) is 0. The van der Waals surface area contributed by atoms with Gasteiger partial charge in [0, 0.05) is 17.1 Å². The number of rotatable bonds is 0. The molecule has 0 aliphatic carbocycles. The summed E-state index contributed by atoms with van der Waals surface area (Å²) in [6.45, 7) is 0. The minimum atomic E-state index is 0. The topological polar surface area (TPSA) is 0 Å². The Morgan fingerprint density at radius 1 is 1.00 bits per heavy atom. The molecule has 0 heterocycles. The average Bonchev–Trinajstić information content (AvgIpc) is 0. The molecular formula is H7AlMnPbSn. The van der Waals surface area contributed by atoms with Crippen LogP contribution in [0.25, 0.3) is 0 Å². The summed E-state index contributed by atoms with van der Waals surface area (Å²) in [5.41, 5.74) is 0. The van der Waals surface area contributed by atoms with Gasteiger partial charge in [-0.1, -0.05) is 0 Å². The molecule has 4 heteroatoms. The van der Waals surface area contributed by atoms with Gasteiger partial charge in [0.05, 0.1) is 0 Å². The summed E-state index contributed by atoms with van der Waals surface area (Å²) in [6, 6.07) is 0. The molecule has 0 aliphatic rings. The molecule has 0 saturated carbocycles. The molecule has 0 aromatic carbocycles. The Bertz CT molecular complexity index is 8.00. The van der Waals surface area contributed by atoms with Gasteiger partial charge in [-0.15, -0.1) is 0 Å². The van der Waals surface area contributed by atoms with E-state index in [0.717, 1.165) is 0 Å². The van der Waals surface area contributed by atoms with Gasteiger partial charge in [-0.25, -0.2) is 0 Å². The summed E-state index contributed by atoms with van der Waals surface area (Å²) in [4.78, 5) is 0. The summed E-state index contributed by atoms with van der Waals surface area (Å²) in [6.07, 6.45) is 0. The predicted octanol–water partition coefficient (Wildman–Crippen LogP) is -3.02. The SMILES string of the molecule is [AlH3].[Mn].[PbH2].[SnH2]. The van der Waals surface area contributed by atoms with E-state index in [1.807, 2.05) is 0 Å². The van der Waals surface area contributed by atoms with Crippen LogP contribution in [0.3, 0.4) is 0 Å². The fourth-order valence-electron chi connectivity index (χ4n) is 0. The molecule has 0 rings (SSSR count). The standard InChI is InChI=1S/Al.Mn.Pb.Sn.7H. The Labute approximate surface area is 84.2 Å². The second-order valence-corrected chi connectivity index (χ2v) is 0. The molecular weight excluding hydrogens is 408 g/mol. The van der Waals surface area contributed by atoms with Crippen LogP contribution in [0.1, 0.15) is 0 Å². The molecule has 0 aromatic rings. The summed E-state index contributed by atoms with van der Waals surface area (Å²) >= 11 is 0. The first kappa shape index (κ1) is 29.4. The van der Waals surface area contributed by atoms with Crippen LogP contribution in [0.5, 0.6) is 0 Å². The molecule has 4 heavy (non-hydrogen) atoms. The Morgan fingerprint density at radius 2 is 1.00 bits per heavy atom. The van der Waals surface area contributed by atoms with Crippen LogP contribution >= 0.6 is 0 Å².